The maximum atomic E-state index is 3.51. The first-order valence-electron chi connectivity index (χ1n) is 3.84. The van der Waals surface area contributed by atoms with E-state index in [4.69, 9.17) is 0 Å². The van der Waals surface area contributed by atoms with Crippen molar-refractivity contribution in [1.29, 1.82) is 0 Å². The summed E-state index contributed by atoms with van der Waals surface area (Å²) in [5.41, 5.74) is 1.49. The van der Waals surface area contributed by atoms with E-state index in [9.17, 15) is 0 Å². The average Bonchev–Trinajstić information content (AvgIpc) is 2.17. The van der Waals surface area contributed by atoms with Gasteiger partial charge in [0.15, 0.2) is 0 Å². The van der Waals surface area contributed by atoms with Crippen LogP contribution in [0.2, 0.25) is 0 Å². The minimum Gasteiger partial charge on any atom is -0.313 e. The quantitative estimate of drug-likeness (QED) is 0.763. The Morgan fingerprint density at radius 1 is 1.50 bits per heavy atom. The molecule has 0 radical (unpaired) electrons. The number of nitrogens with one attached hydrogen (secondary N) is 1. The van der Waals surface area contributed by atoms with E-state index in [0.717, 1.165) is 6.54 Å². The number of halogens is 2. The van der Waals surface area contributed by atoms with E-state index >= 15 is 0 Å². The van der Waals surface area contributed by atoms with Crippen LogP contribution in [0.1, 0.15) is 16.9 Å². The van der Waals surface area contributed by atoms with Gasteiger partial charge in [0.1, 0.15) is 0 Å². The van der Waals surface area contributed by atoms with Crippen molar-refractivity contribution in [1.82, 2.24) is 5.32 Å². The monoisotopic (exact) mass is 267 g/mol. The van der Waals surface area contributed by atoms with Crippen LogP contribution in [0, 0.1) is 0 Å². The normalized spacial score (nSPS) is 16.1. The van der Waals surface area contributed by atoms with Crippen molar-refractivity contribution in [2.24, 2.45) is 0 Å². The lowest BCUT2D eigenvalue weighted by Gasteiger charge is -1.95. The summed E-state index contributed by atoms with van der Waals surface area (Å²) in [5, 5.41) is 3.40. The van der Waals surface area contributed by atoms with Gasteiger partial charge in [0.2, 0.25) is 0 Å². The highest BCUT2D eigenvalue weighted by Crippen LogP contribution is 2.29. The van der Waals surface area contributed by atoms with Crippen LogP contribution in [0.15, 0.2) is 9.85 Å². The summed E-state index contributed by atoms with van der Waals surface area (Å²) in [7, 11) is 0. The summed E-state index contributed by atoms with van der Waals surface area (Å²) in [4.78, 5) is 1.56. The van der Waals surface area contributed by atoms with Gasteiger partial charge in [-0.05, 0) is 46.9 Å². The van der Waals surface area contributed by atoms with Crippen LogP contribution in [0.4, 0.5) is 0 Å². The Kier molecular flexibility index (Phi) is 4.03. The average molecular weight is 269 g/mol. The standard InChI is InChI=1S/C8H10BrNS.ClH/c9-8-4-6-5-10-3-1-2-7(6)11-8;/h4,10H,1-3,5H2;1H. The van der Waals surface area contributed by atoms with Crippen molar-refractivity contribution >= 4 is 39.7 Å². The first-order valence-corrected chi connectivity index (χ1v) is 5.45. The Balaban J connectivity index is 0.000000720. The van der Waals surface area contributed by atoms with Gasteiger partial charge in [-0.3, -0.25) is 0 Å². The molecule has 1 aromatic rings. The molecule has 1 aromatic heterocycles. The summed E-state index contributed by atoms with van der Waals surface area (Å²) in [6.07, 6.45) is 2.53. The van der Waals surface area contributed by atoms with Crippen molar-refractivity contribution in [2.45, 2.75) is 19.4 Å². The number of rotatable bonds is 0. The summed E-state index contributed by atoms with van der Waals surface area (Å²) < 4.78 is 1.27. The molecule has 0 spiro atoms. The molecule has 0 amide bonds. The highest BCUT2D eigenvalue weighted by molar-refractivity contribution is 9.11. The largest absolute Gasteiger partial charge is 0.313 e. The first-order chi connectivity index (χ1) is 5.36. The van der Waals surface area contributed by atoms with Crippen molar-refractivity contribution in [3.05, 3.63) is 20.3 Å². The highest BCUT2D eigenvalue weighted by Gasteiger charge is 2.09. The van der Waals surface area contributed by atoms with E-state index < -0.39 is 0 Å². The van der Waals surface area contributed by atoms with Crippen molar-refractivity contribution < 1.29 is 0 Å². The molecule has 0 unspecified atom stereocenters. The Bertz CT molecular complexity index is 238. The van der Waals surface area contributed by atoms with E-state index in [0.29, 0.717) is 0 Å². The fraction of sp³-hybridized carbons (Fsp3) is 0.500. The zero-order valence-corrected chi connectivity index (χ0v) is 9.82. The Morgan fingerprint density at radius 2 is 2.33 bits per heavy atom. The lowest BCUT2D eigenvalue weighted by Crippen LogP contribution is -2.11. The molecule has 0 saturated heterocycles. The van der Waals surface area contributed by atoms with Gasteiger partial charge in [-0.1, -0.05) is 0 Å². The summed E-state index contributed by atoms with van der Waals surface area (Å²) in [6.45, 7) is 2.22. The van der Waals surface area contributed by atoms with Crippen LogP contribution in [-0.4, -0.2) is 6.54 Å². The summed E-state index contributed by atoms with van der Waals surface area (Å²) in [5.74, 6) is 0. The minimum atomic E-state index is 0. The van der Waals surface area contributed by atoms with Crippen molar-refractivity contribution in [3.8, 4) is 0 Å². The maximum absolute atomic E-state index is 3.51. The van der Waals surface area contributed by atoms with E-state index in [1.54, 1.807) is 4.88 Å². The number of aryl methyl sites for hydroxylation is 1. The molecule has 0 aliphatic carbocycles. The van der Waals surface area contributed by atoms with Gasteiger partial charge in [0, 0.05) is 11.4 Å². The van der Waals surface area contributed by atoms with Gasteiger partial charge in [-0.15, -0.1) is 23.7 Å². The molecule has 1 N–H and O–H groups in total. The number of fused-ring (bicyclic) bond motifs is 1. The van der Waals surface area contributed by atoms with Gasteiger partial charge in [-0.2, -0.15) is 0 Å². The molecule has 0 bridgehead atoms. The van der Waals surface area contributed by atoms with Crippen LogP contribution in [0.3, 0.4) is 0 Å². The SMILES string of the molecule is Brc1cc2c(s1)CCCNC2.Cl. The zero-order valence-electron chi connectivity index (χ0n) is 6.60. The predicted octanol–water partition coefficient (Wildman–Crippen LogP) is 2.97. The lowest BCUT2D eigenvalue weighted by molar-refractivity contribution is 0.681. The fourth-order valence-electron chi connectivity index (χ4n) is 1.39. The van der Waals surface area contributed by atoms with Gasteiger partial charge >= 0.3 is 0 Å². The van der Waals surface area contributed by atoms with Gasteiger partial charge < -0.3 is 5.32 Å². The second-order valence-electron chi connectivity index (χ2n) is 2.78. The Labute approximate surface area is 91.1 Å². The van der Waals surface area contributed by atoms with Crippen LogP contribution in [0.5, 0.6) is 0 Å². The van der Waals surface area contributed by atoms with Crippen molar-refractivity contribution in [2.75, 3.05) is 6.54 Å². The van der Waals surface area contributed by atoms with Crippen molar-refractivity contribution in [3.63, 3.8) is 0 Å². The Morgan fingerprint density at radius 3 is 3.17 bits per heavy atom. The third kappa shape index (κ3) is 2.22. The van der Waals surface area contributed by atoms with E-state index in [-0.39, 0.29) is 12.4 Å². The molecular formula is C8H11BrClNS. The number of thiophene rings is 1. The molecule has 12 heavy (non-hydrogen) atoms. The molecule has 2 heterocycles. The molecule has 68 valence electrons. The van der Waals surface area contributed by atoms with E-state index in [1.807, 2.05) is 11.3 Å². The third-order valence-corrected chi connectivity index (χ3v) is 3.68. The van der Waals surface area contributed by atoms with Gasteiger partial charge in [0.25, 0.3) is 0 Å². The smallest absolute Gasteiger partial charge is 0.0704 e. The van der Waals surface area contributed by atoms with Gasteiger partial charge in [-0.25, -0.2) is 0 Å². The summed E-state index contributed by atoms with van der Waals surface area (Å²) in [6, 6.07) is 2.23. The third-order valence-electron chi connectivity index (χ3n) is 1.94. The van der Waals surface area contributed by atoms with Gasteiger partial charge in [0.05, 0.1) is 3.79 Å². The molecule has 0 saturated carbocycles. The molecule has 0 atom stereocenters. The second kappa shape index (κ2) is 4.61. The molecule has 1 aliphatic rings. The first kappa shape index (κ1) is 10.5. The molecule has 4 heteroatoms. The topological polar surface area (TPSA) is 12.0 Å². The maximum Gasteiger partial charge on any atom is 0.0704 e. The second-order valence-corrected chi connectivity index (χ2v) is 5.30. The molecule has 1 nitrogen and oxygen atoms in total. The van der Waals surface area contributed by atoms with Crippen LogP contribution in [0.25, 0.3) is 0 Å². The number of hydrogen-bond donors (Lipinski definition) is 1. The fourth-order valence-corrected chi connectivity index (χ4v) is 3.20. The number of hydrogen-bond acceptors (Lipinski definition) is 2. The Hall–Kier alpha value is 0.430. The predicted molar refractivity (Wildman–Crippen MR) is 59.3 cm³/mol. The molecular weight excluding hydrogens is 258 g/mol. The minimum absolute atomic E-state index is 0. The molecule has 2 rings (SSSR count). The lowest BCUT2D eigenvalue weighted by atomic mass is 10.2. The summed E-state index contributed by atoms with van der Waals surface area (Å²) >= 11 is 5.39. The van der Waals surface area contributed by atoms with Crippen LogP contribution >= 0.6 is 39.7 Å². The molecule has 1 aliphatic heterocycles. The highest BCUT2D eigenvalue weighted by atomic mass is 79.9. The zero-order chi connectivity index (χ0) is 7.68. The van der Waals surface area contributed by atoms with E-state index in [1.165, 1.54) is 28.7 Å². The molecule has 0 aromatic carbocycles. The van der Waals surface area contributed by atoms with E-state index in [2.05, 4.69) is 27.3 Å². The van der Waals surface area contributed by atoms with Crippen LogP contribution < -0.4 is 5.32 Å². The van der Waals surface area contributed by atoms with Crippen LogP contribution in [-0.2, 0) is 13.0 Å². The molecule has 0 fully saturated rings.